The summed E-state index contributed by atoms with van der Waals surface area (Å²) >= 11 is 6.01. The number of benzene rings is 3. The Hall–Kier alpha value is -3.31. The van der Waals surface area contributed by atoms with E-state index in [1.807, 2.05) is 43.0 Å². The van der Waals surface area contributed by atoms with Crippen molar-refractivity contribution in [2.75, 3.05) is 13.1 Å². The Bertz CT molecular complexity index is 1180. The van der Waals surface area contributed by atoms with Gasteiger partial charge in [0, 0.05) is 29.2 Å². The number of rotatable bonds is 6. The van der Waals surface area contributed by atoms with Crippen molar-refractivity contribution < 1.29 is 14.7 Å². The highest BCUT2D eigenvalue weighted by molar-refractivity contribution is 6.30. The maximum absolute atomic E-state index is 13.4. The molecule has 1 aliphatic heterocycles. The summed E-state index contributed by atoms with van der Waals surface area (Å²) in [6.07, 6.45) is 1.77. The van der Waals surface area contributed by atoms with Crippen LogP contribution in [0.2, 0.25) is 5.02 Å². The minimum absolute atomic E-state index is 0.0419. The Morgan fingerprint density at radius 1 is 0.971 bits per heavy atom. The highest BCUT2D eigenvalue weighted by Crippen LogP contribution is 2.30. The maximum Gasteiger partial charge on any atom is 0.251 e. The summed E-state index contributed by atoms with van der Waals surface area (Å²) in [7, 11) is 0. The summed E-state index contributed by atoms with van der Waals surface area (Å²) in [6, 6.07) is 21.4. The molecule has 2 amide bonds. The Morgan fingerprint density at radius 3 is 2.31 bits per heavy atom. The number of amides is 2. The number of carbonyl (C=O) groups is 2. The van der Waals surface area contributed by atoms with Gasteiger partial charge < -0.3 is 15.3 Å². The van der Waals surface area contributed by atoms with Crippen LogP contribution in [0.15, 0.2) is 72.8 Å². The Balaban J connectivity index is 1.42. The minimum atomic E-state index is -0.608. The highest BCUT2D eigenvalue weighted by Gasteiger charge is 2.31. The van der Waals surface area contributed by atoms with Crippen molar-refractivity contribution in [1.82, 2.24) is 10.2 Å². The fourth-order valence-electron chi connectivity index (χ4n) is 4.65. The fraction of sp³-hybridized carbons (Fsp3) is 0.310. The molecular weight excluding hydrogens is 460 g/mol. The zero-order valence-corrected chi connectivity index (χ0v) is 20.8. The van der Waals surface area contributed by atoms with Crippen molar-refractivity contribution >= 4 is 23.4 Å². The van der Waals surface area contributed by atoms with Crippen molar-refractivity contribution in [2.45, 2.75) is 38.6 Å². The van der Waals surface area contributed by atoms with E-state index in [0.29, 0.717) is 30.1 Å². The van der Waals surface area contributed by atoms with E-state index in [9.17, 15) is 14.7 Å². The van der Waals surface area contributed by atoms with Crippen LogP contribution in [-0.2, 0) is 4.79 Å². The molecule has 0 unspecified atom stereocenters. The van der Waals surface area contributed by atoms with Crippen LogP contribution in [0.5, 0.6) is 5.75 Å². The first-order valence-electron chi connectivity index (χ1n) is 12.1. The lowest BCUT2D eigenvalue weighted by atomic mass is 9.89. The number of carbonyl (C=O) groups excluding carboxylic acids is 2. The second-order valence-corrected chi connectivity index (χ2v) is 9.88. The number of hydrogen-bond acceptors (Lipinski definition) is 3. The molecule has 0 spiro atoms. The van der Waals surface area contributed by atoms with E-state index in [0.717, 1.165) is 23.4 Å². The molecule has 4 rings (SSSR count). The number of piperidine rings is 1. The van der Waals surface area contributed by atoms with Gasteiger partial charge >= 0.3 is 0 Å². The quantitative estimate of drug-likeness (QED) is 0.453. The minimum Gasteiger partial charge on any atom is -0.507 e. The smallest absolute Gasteiger partial charge is 0.251 e. The van der Waals surface area contributed by atoms with Gasteiger partial charge in [-0.1, -0.05) is 67.9 Å². The van der Waals surface area contributed by atoms with Crippen LogP contribution in [0.4, 0.5) is 0 Å². The number of nitrogens with one attached hydrogen (secondary N) is 1. The number of likely N-dealkylation sites (tertiary alicyclic amines) is 1. The van der Waals surface area contributed by atoms with Crippen LogP contribution >= 0.6 is 11.6 Å². The number of aromatic hydroxyl groups is 1. The zero-order chi connectivity index (χ0) is 24.9. The molecule has 0 aromatic heterocycles. The molecule has 1 heterocycles. The summed E-state index contributed by atoms with van der Waals surface area (Å²) in [5.41, 5.74) is 3.10. The molecule has 0 saturated carbocycles. The van der Waals surface area contributed by atoms with Gasteiger partial charge in [0.15, 0.2) is 0 Å². The number of halogens is 1. The number of nitrogens with zero attached hydrogens (tertiary/aromatic N) is 1. The first-order chi connectivity index (χ1) is 16.8. The van der Waals surface area contributed by atoms with Crippen molar-refractivity contribution in [3.8, 4) is 16.9 Å². The van der Waals surface area contributed by atoms with Crippen LogP contribution in [0.25, 0.3) is 11.1 Å². The zero-order valence-electron chi connectivity index (χ0n) is 20.1. The Labute approximate surface area is 211 Å². The molecule has 3 aromatic carbocycles. The van der Waals surface area contributed by atoms with Crippen molar-refractivity contribution in [3.63, 3.8) is 0 Å². The molecular formula is C29H31ClN2O3. The van der Waals surface area contributed by atoms with Gasteiger partial charge in [0.1, 0.15) is 11.8 Å². The molecule has 5 nitrogen and oxygen atoms in total. The number of para-hydroxylation sites is 1. The standard InChI is InChI=1S/C29H31ClN2O3/c1-19(2)27(29(35)32-16-14-21(15-17-32)20-10-12-24(30)13-11-20)31-28(34)23-7-5-6-22(18-23)25-8-3-4-9-26(25)33/h3-13,18-19,21,27,33H,14-17H2,1-2H3,(H,31,34)/t27-/m1/s1. The van der Waals surface area contributed by atoms with E-state index in [1.165, 1.54) is 5.56 Å². The molecule has 1 fully saturated rings. The molecule has 0 bridgehead atoms. The molecule has 1 atom stereocenters. The molecule has 182 valence electrons. The van der Waals surface area contributed by atoms with Crippen LogP contribution in [0.3, 0.4) is 0 Å². The SMILES string of the molecule is CC(C)[C@@H](NC(=O)c1cccc(-c2ccccc2O)c1)C(=O)N1CCC(c2ccc(Cl)cc2)CC1. The van der Waals surface area contributed by atoms with Crippen LogP contribution in [-0.4, -0.2) is 41.0 Å². The Kier molecular flexibility index (Phi) is 7.76. The van der Waals surface area contributed by atoms with Crippen molar-refractivity contribution in [2.24, 2.45) is 5.92 Å². The van der Waals surface area contributed by atoms with E-state index in [4.69, 9.17) is 11.6 Å². The molecule has 1 aliphatic rings. The molecule has 2 N–H and O–H groups in total. The third-order valence-corrected chi connectivity index (χ3v) is 6.96. The van der Waals surface area contributed by atoms with E-state index in [1.54, 1.807) is 36.4 Å². The van der Waals surface area contributed by atoms with Gasteiger partial charge in [0.25, 0.3) is 5.91 Å². The lowest BCUT2D eigenvalue weighted by Crippen LogP contribution is -2.52. The van der Waals surface area contributed by atoms with Gasteiger partial charge in [-0.3, -0.25) is 9.59 Å². The second-order valence-electron chi connectivity index (χ2n) is 9.44. The predicted octanol–water partition coefficient (Wildman–Crippen LogP) is 5.87. The van der Waals surface area contributed by atoms with E-state index < -0.39 is 6.04 Å². The molecule has 6 heteroatoms. The lowest BCUT2D eigenvalue weighted by molar-refractivity contribution is -0.135. The third-order valence-electron chi connectivity index (χ3n) is 6.71. The van der Waals surface area contributed by atoms with Gasteiger partial charge in [0.2, 0.25) is 5.91 Å². The van der Waals surface area contributed by atoms with E-state index in [-0.39, 0.29) is 23.5 Å². The second kappa shape index (κ2) is 11.0. The number of hydrogen-bond donors (Lipinski definition) is 2. The third kappa shape index (κ3) is 5.85. The molecule has 0 radical (unpaired) electrons. The molecule has 35 heavy (non-hydrogen) atoms. The van der Waals surface area contributed by atoms with Gasteiger partial charge in [-0.25, -0.2) is 0 Å². The summed E-state index contributed by atoms with van der Waals surface area (Å²) in [5, 5.41) is 13.9. The highest BCUT2D eigenvalue weighted by atomic mass is 35.5. The monoisotopic (exact) mass is 490 g/mol. The molecule has 3 aromatic rings. The normalized spacial score (nSPS) is 15.1. The van der Waals surface area contributed by atoms with Gasteiger partial charge in [-0.05, 0) is 66.1 Å². The predicted molar refractivity (Wildman–Crippen MR) is 140 cm³/mol. The number of phenolic OH excluding ortho intramolecular Hbond substituents is 1. The Morgan fingerprint density at radius 2 is 1.66 bits per heavy atom. The average Bonchev–Trinajstić information content (AvgIpc) is 2.87. The maximum atomic E-state index is 13.4. The van der Waals surface area contributed by atoms with Gasteiger partial charge in [-0.15, -0.1) is 0 Å². The van der Waals surface area contributed by atoms with Crippen LogP contribution in [0, 0.1) is 5.92 Å². The summed E-state index contributed by atoms with van der Waals surface area (Å²) in [4.78, 5) is 28.4. The topological polar surface area (TPSA) is 69.6 Å². The van der Waals surface area contributed by atoms with Crippen LogP contribution in [0.1, 0.15) is 48.5 Å². The first kappa shape index (κ1) is 24.8. The molecule has 0 aliphatic carbocycles. The molecule has 1 saturated heterocycles. The number of phenols is 1. The van der Waals surface area contributed by atoms with Gasteiger partial charge in [-0.2, -0.15) is 0 Å². The largest absolute Gasteiger partial charge is 0.507 e. The summed E-state index contributed by atoms with van der Waals surface area (Å²) in [6.45, 7) is 5.21. The van der Waals surface area contributed by atoms with E-state index >= 15 is 0 Å². The van der Waals surface area contributed by atoms with Crippen molar-refractivity contribution in [3.05, 3.63) is 88.9 Å². The van der Waals surface area contributed by atoms with Crippen molar-refractivity contribution in [1.29, 1.82) is 0 Å². The lowest BCUT2D eigenvalue weighted by Gasteiger charge is -2.35. The van der Waals surface area contributed by atoms with Gasteiger partial charge in [0.05, 0.1) is 0 Å². The summed E-state index contributed by atoms with van der Waals surface area (Å²) < 4.78 is 0. The van der Waals surface area contributed by atoms with E-state index in [2.05, 4.69) is 17.4 Å². The van der Waals surface area contributed by atoms with Crippen LogP contribution < -0.4 is 5.32 Å². The average molecular weight is 491 g/mol. The first-order valence-corrected chi connectivity index (χ1v) is 12.4. The summed E-state index contributed by atoms with van der Waals surface area (Å²) in [5.74, 6) is 0.162. The fourth-order valence-corrected chi connectivity index (χ4v) is 4.77.